The number of benzene rings is 2. The average molecular weight is 388 g/mol. The van der Waals surface area contributed by atoms with Crippen LogP contribution in [0.1, 0.15) is 22.3 Å². The van der Waals surface area contributed by atoms with E-state index in [1.54, 1.807) is 13.8 Å². The van der Waals surface area contributed by atoms with Gasteiger partial charge in [-0.2, -0.15) is 0 Å². The molecule has 0 aromatic heterocycles. The van der Waals surface area contributed by atoms with Gasteiger partial charge >= 0.3 is 5.97 Å². The first kappa shape index (κ1) is 20.9. The lowest BCUT2D eigenvalue weighted by atomic mass is 10.1. The number of nitrogens with one attached hydrogen (secondary N) is 1. The highest BCUT2D eigenvalue weighted by Crippen LogP contribution is 2.22. The van der Waals surface area contributed by atoms with E-state index in [4.69, 9.17) is 0 Å². The Morgan fingerprint density at radius 3 is 2.26 bits per heavy atom. The molecule has 0 unspecified atom stereocenters. The summed E-state index contributed by atoms with van der Waals surface area (Å²) >= 11 is 0. The number of hydrogen-bond donors (Lipinski definition) is 1. The second-order valence-electron chi connectivity index (χ2n) is 6.53. The van der Waals surface area contributed by atoms with Crippen molar-refractivity contribution in [1.82, 2.24) is 4.72 Å². The Balaban J connectivity index is 2.35. The van der Waals surface area contributed by atoms with Crippen LogP contribution in [0.25, 0.3) is 0 Å². The number of carbonyl (C=O) groups is 1. The molecule has 27 heavy (non-hydrogen) atoms. The SMILES string of the molecule is COC(=O)/C=C/[C@H](Cc1ccccc1)NS(=O)(=O)c1c(C)cc(C)cc1C. The Bertz CT molecular complexity index is 911. The molecule has 1 N–H and O–H groups in total. The Hall–Kier alpha value is -2.44. The normalized spacial score (nSPS) is 12.9. The Morgan fingerprint density at radius 2 is 1.70 bits per heavy atom. The van der Waals surface area contributed by atoms with Crippen molar-refractivity contribution in [1.29, 1.82) is 0 Å². The summed E-state index contributed by atoms with van der Waals surface area (Å²) in [6, 6.07) is 12.6. The minimum atomic E-state index is -3.77. The molecule has 1 atom stereocenters. The molecular formula is C21H25NO4S. The second-order valence-corrected chi connectivity index (χ2v) is 8.18. The third-order valence-electron chi connectivity index (χ3n) is 4.14. The van der Waals surface area contributed by atoms with Gasteiger partial charge in [-0.1, -0.05) is 54.1 Å². The Morgan fingerprint density at radius 1 is 1.11 bits per heavy atom. The fourth-order valence-corrected chi connectivity index (χ4v) is 4.77. The summed E-state index contributed by atoms with van der Waals surface area (Å²) in [4.78, 5) is 11.7. The molecule has 144 valence electrons. The smallest absolute Gasteiger partial charge is 0.330 e. The van der Waals surface area contributed by atoms with Gasteiger partial charge in [-0.15, -0.1) is 0 Å². The van der Waals surface area contributed by atoms with E-state index >= 15 is 0 Å². The van der Waals surface area contributed by atoms with E-state index in [1.807, 2.05) is 49.4 Å². The minimum Gasteiger partial charge on any atom is -0.466 e. The van der Waals surface area contributed by atoms with Crippen LogP contribution >= 0.6 is 0 Å². The number of sulfonamides is 1. The molecule has 0 aliphatic carbocycles. The molecule has 6 heteroatoms. The average Bonchev–Trinajstić information content (AvgIpc) is 2.58. The van der Waals surface area contributed by atoms with E-state index < -0.39 is 22.0 Å². The number of hydrogen-bond acceptors (Lipinski definition) is 4. The maximum absolute atomic E-state index is 13.0. The lowest BCUT2D eigenvalue weighted by molar-refractivity contribution is -0.134. The predicted octanol–water partition coefficient (Wildman–Crippen LogP) is 3.23. The summed E-state index contributed by atoms with van der Waals surface area (Å²) in [7, 11) is -2.49. The number of carbonyl (C=O) groups excluding carboxylic acids is 1. The van der Waals surface area contributed by atoms with Gasteiger partial charge in [-0.3, -0.25) is 0 Å². The zero-order valence-electron chi connectivity index (χ0n) is 16.0. The molecule has 5 nitrogen and oxygen atoms in total. The van der Waals surface area contributed by atoms with E-state index in [0.29, 0.717) is 17.5 Å². The van der Waals surface area contributed by atoms with Gasteiger partial charge in [0.15, 0.2) is 0 Å². The summed E-state index contributed by atoms with van der Waals surface area (Å²) < 4.78 is 33.4. The fourth-order valence-electron chi connectivity index (χ4n) is 3.13. The maximum Gasteiger partial charge on any atom is 0.330 e. The van der Waals surface area contributed by atoms with Gasteiger partial charge in [0.05, 0.1) is 12.0 Å². The van der Waals surface area contributed by atoms with Crippen molar-refractivity contribution in [2.75, 3.05) is 7.11 Å². The van der Waals surface area contributed by atoms with Crippen LogP contribution in [0.2, 0.25) is 0 Å². The molecule has 0 bridgehead atoms. The summed E-state index contributed by atoms with van der Waals surface area (Å²) in [6.07, 6.45) is 3.18. The predicted molar refractivity (Wildman–Crippen MR) is 106 cm³/mol. The van der Waals surface area contributed by atoms with E-state index in [0.717, 1.165) is 11.1 Å². The number of esters is 1. The largest absolute Gasteiger partial charge is 0.466 e. The Labute approximate surface area is 161 Å². The van der Waals surface area contributed by atoms with Gasteiger partial charge in [-0.25, -0.2) is 17.9 Å². The van der Waals surface area contributed by atoms with Crippen molar-refractivity contribution in [2.24, 2.45) is 0 Å². The zero-order chi connectivity index (χ0) is 20.0. The zero-order valence-corrected chi connectivity index (χ0v) is 16.8. The molecule has 0 fully saturated rings. The van der Waals surface area contributed by atoms with Crippen LogP contribution in [0.15, 0.2) is 59.5 Å². The second kappa shape index (κ2) is 8.97. The number of aryl methyl sites for hydroxylation is 3. The molecule has 0 aliphatic heterocycles. The number of methoxy groups -OCH3 is 1. The van der Waals surface area contributed by atoms with Crippen LogP contribution in [0.5, 0.6) is 0 Å². The monoisotopic (exact) mass is 387 g/mol. The van der Waals surface area contributed by atoms with Crippen LogP contribution in [0.3, 0.4) is 0 Å². The fraction of sp³-hybridized carbons (Fsp3) is 0.286. The first-order valence-corrected chi connectivity index (χ1v) is 10.1. The number of rotatable bonds is 7. The van der Waals surface area contributed by atoms with Gasteiger partial charge < -0.3 is 4.74 Å². The third kappa shape index (κ3) is 5.77. The highest BCUT2D eigenvalue weighted by molar-refractivity contribution is 7.89. The van der Waals surface area contributed by atoms with Gasteiger partial charge in [0, 0.05) is 12.1 Å². The highest BCUT2D eigenvalue weighted by atomic mass is 32.2. The maximum atomic E-state index is 13.0. The topological polar surface area (TPSA) is 72.5 Å². The van der Waals surface area contributed by atoms with Crippen LogP contribution < -0.4 is 4.72 Å². The van der Waals surface area contributed by atoms with Gasteiger partial charge in [0.1, 0.15) is 0 Å². The summed E-state index contributed by atoms with van der Waals surface area (Å²) in [5, 5.41) is 0. The molecule has 2 rings (SSSR count). The first-order chi connectivity index (χ1) is 12.7. The summed E-state index contributed by atoms with van der Waals surface area (Å²) in [6.45, 7) is 5.50. The lowest BCUT2D eigenvalue weighted by Crippen LogP contribution is -2.36. The molecule has 0 heterocycles. The molecule has 0 radical (unpaired) electrons. The number of ether oxygens (including phenoxy) is 1. The highest BCUT2D eigenvalue weighted by Gasteiger charge is 2.23. The summed E-state index contributed by atoms with van der Waals surface area (Å²) in [5.74, 6) is -0.532. The molecule has 2 aromatic carbocycles. The van der Waals surface area contributed by atoms with Crippen molar-refractivity contribution in [3.8, 4) is 0 Å². The first-order valence-electron chi connectivity index (χ1n) is 8.63. The van der Waals surface area contributed by atoms with Crippen molar-refractivity contribution >= 4 is 16.0 Å². The van der Waals surface area contributed by atoms with Crippen LogP contribution in [0.4, 0.5) is 0 Å². The van der Waals surface area contributed by atoms with Crippen molar-refractivity contribution in [3.05, 3.63) is 76.9 Å². The molecule has 0 saturated heterocycles. The lowest BCUT2D eigenvalue weighted by Gasteiger charge is -2.18. The van der Waals surface area contributed by atoms with Crippen molar-refractivity contribution < 1.29 is 17.9 Å². The molecule has 0 aliphatic rings. The van der Waals surface area contributed by atoms with Gasteiger partial charge in [0.25, 0.3) is 0 Å². The molecule has 0 spiro atoms. The van der Waals surface area contributed by atoms with Crippen LogP contribution in [0, 0.1) is 20.8 Å². The minimum absolute atomic E-state index is 0.276. The van der Waals surface area contributed by atoms with E-state index in [9.17, 15) is 13.2 Å². The van der Waals surface area contributed by atoms with Gasteiger partial charge in [-0.05, 0) is 43.9 Å². The van der Waals surface area contributed by atoms with Crippen LogP contribution in [-0.2, 0) is 26.0 Å². The third-order valence-corrected chi connectivity index (χ3v) is 5.94. The van der Waals surface area contributed by atoms with Crippen molar-refractivity contribution in [3.63, 3.8) is 0 Å². The van der Waals surface area contributed by atoms with Crippen LogP contribution in [-0.4, -0.2) is 27.5 Å². The molecule has 2 aromatic rings. The molecule has 0 saturated carbocycles. The summed E-state index contributed by atoms with van der Waals surface area (Å²) in [5.41, 5.74) is 3.35. The van der Waals surface area contributed by atoms with E-state index in [1.165, 1.54) is 19.3 Å². The van der Waals surface area contributed by atoms with E-state index in [2.05, 4.69) is 9.46 Å². The quantitative estimate of drug-likeness (QED) is 0.585. The van der Waals surface area contributed by atoms with E-state index in [-0.39, 0.29) is 4.90 Å². The molecule has 0 amide bonds. The van der Waals surface area contributed by atoms with Crippen molar-refractivity contribution in [2.45, 2.75) is 38.1 Å². The Kier molecular flexibility index (Phi) is 6.93. The molecular weight excluding hydrogens is 362 g/mol. The standard InChI is InChI=1S/C21H25NO4S/c1-15-12-16(2)21(17(3)13-15)27(24,25)22-19(10-11-20(23)26-4)14-18-8-6-5-7-9-18/h5-13,19,22H,14H2,1-4H3/b11-10+/t19-/m1/s1. The van der Waals surface area contributed by atoms with Gasteiger partial charge in [0.2, 0.25) is 10.0 Å².